The van der Waals surface area contributed by atoms with Crippen LogP contribution in [-0.2, 0) is 6.42 Å². The summed E-state index contributed by atoms with van der Waals surface area (Å²) in [5.74, 6) is 1.09. The van der Waals surface area contributed by atoms with Crippen molar-refractivity contribution in [1.29, 1.82) is 0 Å². The van der Waals surface area contributed by atoms with Crippen LogP contribution < -0.4 is 10.6 Å². The van der Waals surface area contributed by atoms with Crippen LogP contribution in [-0.4, -0.2) is 22.7 Å². The molecule has 2 N–H and O–H groups in total. The molecule has 0 aliphatic heterocycles. The predicted octanol–water partition coefficient (Wildman–Crippen LogP) is 4.62. The average molecular weight is 415 g/mol. The van der Waals surface area contributed by atoms with Crippen LogP contribution in [0.3, 0.4) is 0 Å². The molecule has 3 rings (SSSR count). The minimum absolute atomic E-state index is 0.212. The van der Waals surface area contributed by atoms with Gasteiger partial charge >= 0.3 is 6.03 Å². The quantitative estimate of drug-likeness (QED) is 0.616. The normalized spacial score (nSPS) is 10.5. The van der Waals surface area contributed by atoms with E-state index in [4.69, 9.17) is 4.52 Å². The second-order valence-electron chi connectivity index (χ2n) is 5.77. The molecule has 0 aliphatic rings. The van der Waals surface area contributed by atoms with E-state index in [-0.39, 0.29) is 6.03 Å². The van der Waals surface area contributed by atoms with Gasteiger partial charge in [0.2, 0.25) is 11.7 Å². The molecule has 0 saturated heterocycles. The van der Waals surface area contributed by atoms with Crippen molar-refractivity contribution in [2.75, 3.05) is 11.9 Å². The minimum Gasteiger partial charge on any atom is -0.339 e. The molecule has 1 aromatic heterocycles. The summed E-state index contributed by atoms with van der Waals surface area (Å²) in [5, 5.41) is 9.58. The number of nitrogens with zero attached hydrogens (tertiary/aromatic N) is 2. The Hall–Kier alpha value is -2.67. The molecule has 0 unspecified atom stereocenters. The lowest BCUT2D eigenvalue weighted by Gasteiger charge is -2.06. The van der Waals surface area contributed by atoms with Gasteiger partial charge in [0.15, 0.2) is 0 Å². The fraction of sp³-hybridized carbons (Fsp3) is 0.211. The van der Waals surface area contributed by atoms with E-state index in [2.05, 4.69) is 36.7 Å². The van der Waals surface area contributed by atoms with Crippen molar-refractivity contribution in [2.45, 2.75) is 19.8 Å². The molecule has 0 saturated carbocycles. The van der Waals surface area contributed by atoms with Crippen molar-refractivity contribution in [2.24, 2.45) is 0 Å². The number of aromatic nitrogens is 2. The van der Waals surface area contributed by atoms with Crippen LogP contribution in [0.1, 0.15) is 24.8 Å². The number of amides is 2. The summed E-state index contributed by atoms with van der Waals surface area (Å²) in [4.78, 5) is 16.1. The first-order valence-electron chi connectivity index (χ1n) is 8.36. The number of benzene rings is 2. The molecule has 26 heavy (non-hydrogen) atoms. The van der Waals surface area contributed by atoms with E-state index in [0.29, 0.717) is 30.4 Å². The number of hydrogen-bond donors (Lipinski definition) is 2. The fourth-order valence-corrected chi connectivity index (χ4v) is 2.60. The Kier molecular flexibility index (Phi) is 6.01. The van der Waals surface area contributed by atoms with Crippen molar-refractivity contribution in [3.05, 3.63) is 64.5 Å². The maximum atomic E-state index is 11.7. The standard InChI is InChI=1S/C19H19BrN4O2/c1-2-11-21-19(25)22-16-9-5-14(6-10-16)18-23-17(26-24-18)12-13-3-7-15(20)8-4-13/h3-10H,2,11-12H2,1H3,(H2,21,22,25). The highest BCUT2D eigenvalue weighted by Crippen LogP contribution is 2.20. The van der Waals surface area contributed by atoms with Gasteiger partial charge in [-0.2, -0.15) is 4.98 Å². The molecule has 0 spiro atoms. The van der Waals surface area contributed by atoms with E-state index >= 15 is 0 Å². The lowest BCUT2D eigenvalue weighted by Crippen LogP contribution is -2.29. The largest absolute Gasteiger partial charge is 0.339 e. The molecule has 0 atom stereocenters. The van der Waals surface area contributed by atoms with Gasteiger partial charge in [0, 0.05) is 22.3 Å². The third-order valence-corrected chi connectivity index (χ3v) is 4.20. The number of hydrogen-bond acceptors (Lipinski definition) is 4. The van der Waals surface area contributed by atoms with Crippen LogP contribution in [0.25, 0.3) is 11.4 Å². The summed E-state index contributed by atoms with van der Waals surface area (Å²) in [6.45, 7) is 2.65. The Labute approximate surface area is 160 Å². The predicted molar refractivity (Wildman–Crippen MR) is 104 cm³/mol. The van der Waals surface area contributed by atoms with Crippen LogP contribution in [0.5, 0.6) is 0 Å². The Bertz CT molecular complexity index is 860. The molecule has 134 valence electrons. The molecular weight excluding hydrogens is 396 g/mol. The van der Waals surface area contributed by atoms with Crippen molar-refractivity contribution in [3.63, 3.8) is 0 Å². The third-order valence-electron chi connectivity index (χ3n) is 3.67. The first kappa shape index (κ1) is 18.1. The average Bonchev–Trinajstić information content (AvgIpc) is 3.11. The van der Waals surface area contributed by atoms with Crippen molar-refractivity contribution < 1.29 is 9.32 Å². The van der Waals surface area contributed by atoms with Gasteiger partial charge in [-0.25, -0.2) is 4.79 Å². The molecule has 7 heteroatoms. The van der Waals surface area contributed by atoms with E-state index < -0.39 is 0 Å². The highest BCUT2D eigenvalue weighted by molar-refractivity contribution is 9.10. The van der Waals surface area contributed by atoms with E-state index in [1.807, 2.05) is 55.5 Å². The summed E-state index contributed by atoms with van der Waals surface area (Å²) < 4.78 is 6.37. The molecule has 3 aromatic rings. The monoisotopic (exact) mass is 414 g/mol. The van der Waals surface area contributed by atoms with E-state index in [1.165, 1.54) is 0 Å². The van der Waals surface area contributed by atoms with Crippen molar-refractivity contribution in [3.8, 4) is 11.4 Å². The molecule has 0 radical (unpaired) electrons. The summed E-state index contributed by atoms with van der Waals surface area (Å²) in [6, 6.07) is 15.1. The van der Waals surface area contributed by atoms with Crippen LogP contribution in [0.15, 0.2) is 57.5 Å². The summed E-state index contributed by atoms with van der Waals surface area (Å²) in [6.07, 6.45) is 1.48. The Morgan fingerprint density at radius 1 is 1.12 bits per heavy atom. The van der Waals surface area contributed by atoms with Gasteiger partial charge in [0.25, 0.3) is 0 Å². The van der Waals surface area contributed by atoms with Gasteiger partial charge in [-0.1, -0.05) is 40.1 Å². The number of rotatable bonds is 6. The number of carbonyl (C=O) groups is 1. The topological polar surface area (TPSA) is 80.0 Å². The molecule has 6 nitrogen and oxygen atoms in total. The smallest absolute Gasteiger partial charge is 0.319 e. The minimum atomic E-state index is -0.212. The first-order chi connectivity index (χ1) is 12.6. The molecule has 2 aromatic carbocycles. The van der Waals surface area contributed by atoms with Gasteiger partial charge in [-0.05, 0) is 48.4 Å². The number of urea groups is 1. The summed E-state index contributed by atoms with van der Waals surface area (Å²) in [5.41, 5.74) is 2.64. The Balaban J connectivity index is 1.63. The SMILES string of the molecule is CCCNC(=O)Nc1ccc(-c2noc(Cc3ccc(Br)cc3)n2)cc1. The maximum Gasteiger partial charge on any atom is 0.319 e. The van der Waals surface area contributed by atoms with Crippen molar-refractivity contribution in [1.82, 2.24) is 15.5 Å². The lowest BCUT2D eigenvalue weighted by atomic mass is 10.1. The Morgan fingerprint density at radius 3 is 2.54 bits per heavy atom. The van der Waals surface area contributed by atoms with Crippen LogP contribution in [0.2, 0.25) is 0 Å². The highest BCUT2D eigenvalue weighted by atomic mass is 79.9. The van der Waals surface area contributed by atoms with E-state index in [1.54, 1.807) is 0 Å². The van der Waals surface area contributed by atoms with Gasteiger partial charge < -0.3 is 15.2 Å². The van der Waals surface area contributed by atoms with E-state index in [0.717, 1.165) is 22.0 Å². The zero-order chi connectivity index (χ0) is 18.4. The molecular formula is C19H19BrN4O2. The van der Waals surface area contributed by atoms with Crippen molar-refractivity contribution >= 4 is 27.6 Å². The van der Waals surface area contributed by atoms with Crippen LogP contribution >= 0.6 is 15.9 Å². The molecule has 2 amide bonds. The van der Waals surface area contributed by atoms with Crippen LogP contribution in [0, 0.1) is 0 Å². The molecule has 0 aliphatic carbocycles. The van der Waals surface area contributed by atoms with Crippen LogP contribution in [0.4, 0.5) is 10.5 Å². The van der Waals surface area contributed by atoms with Gasteiger partial charge in [0.05, 0.1) is 6.42 Å². The maximum absolute atomic E-state index is 11.7. The molecule has 1 heterocycles. The zero-order valence-electron chi connectivity index (χ0n) is 14.3. The molecule has 0 fully saturated rings. The summed E-state index contributed by atoms with van der Waals surface area (Å²) in [7, 11) is 0. The van der Waals surface area contributed by atoms with Gasteiger partial charge in [-0.3, -0.25) is 0 Å². The first-order valence-corrected chi connectivity index (χ1v) is 9.15. The second-order valence-corrected chi connectivity index (χ2v) is 6.69. The second kappa shape index (κ2) is 8.62. The third kappa shape index (κ3) is 4.92. The van der Waals surface area contributed by atoms with E-state index in [9.17, 15) is 4.79 Å². The van der Waals surface area contributed by atoms with Gasteiger partial charge in [0.1, 0.15) is 0 Å². The van der Waals surface area contributed by atoms with Gasteiger partial charge in [-0.15, -0.1) is 0 Å². The molecule has 0 bridgehead atoms. The number of halogens is 1. The number of carbonyl (C=O) groups excluding carboxylic acids is 1. The Morgan fingerprint density at radius 2 is 1.85 bits per heavy atom. The fourth-order valence-electron chi connectivity index (χ4n) is 2.34. The number of nitrogens with one attached hydrogen (secondary N) is 2. The highest BCUT2D eigenvalue weighted by Gasteiger charge is 2.10. The summed E-state index contributed by atoms with van der Waals surface area (Å²) >= 11 is 3.42. The number of anilines is 1. The zero-order valence-corrected chi connectivity index (χ0v) is 15.9. The lowest BCUT2D eigenvalue weighted by molar-refractivity contribution is 0.252.